The Morgan fingerprint density at radius 3 is 2.59 bits per heavy atom. The van der Waals surface area contributed by atoms with Crippen LogP contribution in [-0.4, -0.2) is 54.3 Å². The molecule has 1 aromatic carbocycles. The summed E-state index contributed by atoms with van der Waals surface area (Å²) in [4.78, 5) is 10.3. The molecule has 0 unspecified atom stereocenters. The summed E-state index contributed by atoms with van der Waals surface area (Å²) in [6.45, 7) is 2.63. The van der Waals surface area contributed by atoms with Crippen LogP contribution in [0.15, 0.2) is 24.5 Å². The Labute approximate surface area is 168 Å². The van der Waals surface area contributed by atoms with Crippen molar-refractivity contribution in [2.45, 2.75) is 25.4 Å². The van der Waals surface area contributed by atoms with Crippen LogP contribution < -0.4 is 20.8 Å². The molecule has 4 rings (SSSR count). The maximum Gasteiger partial charge on any atom is 0.232 e. The number of halogens is 1. The topological polar surface area (TPSA) is 124 Å². The van der Waals surface area contributed by atoms with Gasteiger partial charge in [0.15, 0.2) is 21.4 Å². The number of hydrogen-bond donors (Lipinski definition) is 2. The fraction of sp³-hybridized carbons (Fsp3) is 0.421. The standard InChI is InChI=1S/C19H22FN5O3S/c1-19(2-3-19)28-16-8-12(14(21)9-13(16)20)18(22)15-10-17(24-11-23-15)25-4-6-29(26,27)7-5-25/h8-11,22H,2-7,21H2,1H3/p+1. The number of nitrogen functional groups attached to an aromatic ring is 1. The zero-order valence-electron chi connectivity index (χ0n) is 16.1. The van der Waals surface area contributed by atoms with Gasteiger partial charge in [-0.1, -0.05) is 0 Å². The Hall–Kier alpha value is -2.75. The smallest absolute Gasteiger partial charge is 0.232 e. The molecule has 1 aromatic heterocycles. The predicted molar refractivity (Wildman–Crippen MR) is 107 cm³/mol. The first-order chi connectivity index (χ1) is 13.7. The van der Waals surface area contributed by atoms with Crippen molar-refractivity contribution in [2.75, 3.05) is 35.2 Å². The maximum atomic E-state index is 14.3. The number of benzene rings is 1. The molecule has 2 aromatic rings. The average molecular weight is 420 g/mol. The summed E-state index contributed by atoms with van der Waals surface area (Å²) in [7, 11) is -3.00. The van der Waals surface area contributed by atoms with E-state index >= 15 is 0 Å². The van der Waals surface area contributed by atoms with E-state index in [1.165, 1.54) is 18.5 Å². The molecule has 0 bridgehead atoms. The number of anilines is 2. The van der Waals surface area contributed by atoms with Crippen molar-refractivity contribution in [3.05, 3.63) is 41.6 Å². The van der Waals surface area contributed by atoms with Crippen molar-refractivity contribution in [1.82, 2.24) is 9.97 Å². The van der Waals surface area contributed by atoms with E-state index in [0.717, 1.165) is 12.8 Å². The molecular formula is C19H23FN5O3S+. The molecule has 0 spiro atoms. The van der Waals surface area contributed by atoms with Gasteiger partial charge < -0.3 is 15.4 Å². The van der Waals surface area contributed by atoms with Gasteiger partial charge in [0.1, 0.15) is 23.4 Å². The molecule has 4 N–H and O–H groups in total. The Kier molecular flexibility index (Phi) is 4.68. The number of sulfone groups is 1. The lowest BCUT2D eigenvalue weighted by molar-refractivity contribution is -0.111. The third-order valence-electron chi connectivity index (χ3n) is 5.30. The van der Waals surface area contributed by atoms with Gasteiger partial charge in [0.2, 0.25) is 5.71 Å². The highest BCUT2D eigenvalue weighted by atomic mass is 32.2. The molecule has 2 heterocycles. The highest BCUT2D eigenvalue weighted by molar-refractivity contribution is 7.91. The Balaban J connectivity index is 1.61. The van der Waals surface area contributed by atoms with Crippen molar-refractivity contribution in [3.63, 3.8) is 0 Å². The molecule has 0 atom stereocenters. The van der Waals surface area contributed by atoms with Gasteiger partial charge in [-0.05, 0) is 25.8 Å². The Morgan fingerprint density at radius 1 is 1.24 bits per heavy atom. The van der Waals surface area contributed by atoms with E-state index in [-0.39, 0.29) is 34.3 Å². The molecule has 8 nitrogen and oxygen atoms in total. The van der Waals surface area contributed by atoms with Gasteiger partial charge in [0.05, 0.1) is 17.1 Å². The molecule has 10 heteroatoms. The van der Waals surface area contributed by atoms with Crippen LogP contribution in [0.4, 0.5) is 15.9 Å². The highest BCUT2D eigenvalue weighted by Crippen LogP contribution is 2.41. The molecule has 1 saturated carbocycles. The summed E-state index contributed by atoms with van der Waals surface area (Å²) in [5.41, 5.74) is 6.95. The molecule has 2 fully saturated rings. The van der Waals surface area contributed by atoms with Gasteiger partial charge in [-0.2, -0.15) is 0 Å². The van der Waals surface area contributed by atoms with Crippen LogP contribution in [0.25, 0.3) is 0 Å². The fourth-order valence-electron chi connectivity index (χ4n) is 3.17. The highest BCUT2D eigenvalue weighted by Gasteiger charge is 2.41. The summed E-state index contributed by atoms with van der Waals surface area (Å²) in [6.07, 6.45) is 3.10. The molecule has 0 radical (unpaired) electrons. The Morgan fingerprint density at radius 2 is 1.93 bits per heavy atom. The average Bonchev–Trinajstić information content (AvgIpc) is 3.40. The van der Waals surface area contributed by atoms with Crippen molar-refractivity contribution in [1.29, 1.82) is 0 Å². The van der Waals surface area contributed by atoms with E-state index < -0.39 is 15.7 Å². The van der Waals surface area contributed by atoms with Crippen LogP contribution in [0, 0.1) is 5.82 Å². The van der Waals surface area contributed by atoms with E-state index in [4.69, 9.17) is 15.9 Å². The molecule has 29 heavy (non-hydrogen) atoms. The molecule has 1 aliphatic carbocycles. The number of rotatable bonds is 5. The van der Waals surface area contributed by atoms with Gasteiger partial charge in [-0.3, -0.25) is 5.41 Å². The van der Waals surface area contributed by atoms with Crippen LogP contribution in [0.1, 0.15) is 31.0 Å². The number of ether oxygens (including phenoxy) is 1. The SMILES string of the molecule is CC1(Oc2cc(C(=[NH2+])c3cc(N4CCS(=O)(=O)CC4)ncn3)c(N)cc2F)CC1. The van der Waals surface area contributed by atoms with Crippen molar-refractivity contribution in [2.24, 2.45) is 0 Å². The van der Waals surface area contributed by atoms with Gasteiger partial charge in [0, 0.05) is 30.9 Å². The third-order valence-corrected chi connectivity index (χ3v) is 6.91. The number of aromatic nitrogens is 2. The lowest BCUT2D eigenvalue weighted by atomic mass is 10.0. The summed E-state index contributed by atoms with van der Waals surface area (Å²) in [5, 5.41) is 6.31. The van der Waals surface area contributed by atoms with E-state index in [0.29, 0.717) is 30.2 Å². The zero-order valence-corrected chi connectivity index (χ0v) is 16.9. The second-order valence-electron chi connectivity index (χ2n) is 7.74. The zero-order chi connectivity index (χ0) is 20.8. The summed E-state index contributed by atoms with van der Waals surface area (Å²) < 4.78 is 43.4. The van der Waals surface area contributed by atoms with Crippen LogP contribution >= 0.6 is 0 Å². The van der Waals surface area contributed by atoms with E-state index in [2.05, 4.69) is 9.97 Å². The first-order valence-electron chi connectivity index (χ1n) is 9.34. The molecule has 154 valence electrons. The summed E-state index contributed by atoms with van der Waals surface area (Å²) >= 11 is 0. The summed E-state index contributed by atoms with van der Waals surface area (Å²) in [5.74, 6) is 0.305. The van der Waals surface area contributed by atoms with E-state index in [1.54, 1.807) is 6.07 Å². The first kappa shape index (κ1) is 19.6. The minimum atomic E-state index is -3.00. The van der Waals surface area contributed by atoms with Gasteiger partial charge in [-0.25, -0.2) is 22.8 Å². The van der Waals surface area contributed by atoms with Crippen LogP contribution in [0.5, 0.6) is 5.75 Å². The maximum absolute atomic E-state index is 14.3. The quantitative estimate of drug-likeness (QED) is 0.514. The molecule has 1 saturated heterocycles. The second-order valence-corrected chi connectivity index (χ2v) is 10.0. The molecule has 2 aliphatic rings. The van der Waals surface area contributed by atoms with Crippen LogP contribution in [0.3, 0.4) is 0 Å². The largest absolute Gasteiger partial charge is 0.484 e. The number of nitrogens with zero attached hydrogens (tertiary/aromatic N) is 3. The fourth-order valence-corrected chi connectivity index (χ4v) is 4.37. The van der Waals surface area contributed by atoms with E-state index in [9.17, 15) is 12.8 Å². The molecular weight excluding hydrogens is 397 g/mol. The normalized spacial score (nSPS) is 19.6. The first-order valence-corrected chi connectivity index (χ1v) is 11.2. The second kappa shape index (κ2) is 6.94. The van der Waals surface area contributed by atoms with Crippen molar-refractivity contribution in [3.8, 4) is 5.75 Å². The van der Waals surface area contributed by atoms with Gasteiger partial charge in [-0.15, -0.1) is 0 Å². The lowest BCUT2D eigenvalue weighted by Gasteiger charge is -2.27. The lowest BCUT2D eigenvalue weighted by Crippen LogP contribution is -2.43. The minimum Gasteiger partial charge on any atom is -0.484 e. The van der Waals surface area contributed by atoms with Gasteiger partial charge in [0.25, 0.3) is 0 Å². The number of hydrogen-bond acceptors (Lipinski definition) is 7. The monoisotopic (exact) mass is 420 g/mol. The van der Waals surface area contributed by atoms with E-state index in [1.807, 2.05) is 11.8 Å². The van der Waals surface area contributed by atoms with Crippen LogP contribution in [-0.2, 0) is 9.84 Å². The summed E-state index contributed by atoms with van der Waals surface area (Å²) in [6, 6.07) is 4.37. The minimum absolute atomic E-state index is 0.0793. The van der Waals surface area contributed by atoms with Crippen LogP contribution in [0.2, 0.25) is 0 Å². The third kappa shape index (κ3) is 4.16. The predicted octanol–water partition coefficient (Wildman–Crippen LogP) is -0.0395. The Bertz CT molecular complexity index is 1070. The van der Waals surface area contributed by atoms with Gasteiger partial charge >= 0.3 is 0 Å². The molecule has 0 amide bonds. The van der Waals surface area contributed by atoms with Crippen molar-refractivity contribution >= 4 is 27.1 Å². The molecule has 1 aliphatic heterocycles. The van der Waals surface area contributed by atoms with Crippen molar-refractivity contribution < 1.29 is 23.0 Å². The number of nitrogens with two attached hydrogens (primary N) is 2.